The number of benzene rings is 1. The van der Waals surface area contributed by atoms with Crippen molar-refractivity contribution in [2.45, 2.75) is 31.9 Å². The summed E-state index contributed by atoms with van der Waals surface area (Å²) in [6, 6.07) is 5.41. The Morgan fingerprint density at radius 3 is 2.52 bits per heavy atom. The number of carbonyl (C=O) groups is 3. The third kappa shape index (κ3) is 6.40. The van der Waals surface area contributed by atoms with Crippen molar-refractivity contribution in [2.24, 2.45) is 0 Å². The molecule has 8 heteroatoms. The molecule has 0 aliphatic heterocycles. The van der Waals surface area contributed by atoms with Crippen LogP contribution in [0.3, 0.4) is 0 Å². The largest absolute Gasteiger partial charge is 0.479 e. The number of hydrogen-bond acceptors (Lipinski definition) is 5. The van der Waals surface area contributed by atoms with E-state index in [9.17, 15) is 18.8 Å². The molecule has 1 aromatic rings. The van der Waals surface area contributed by atoms with E-state index in [2.05, 4.69) is 5.32 Å². The van der Waals surface area contributed by atoms with Crippen LogP contribution >= 0.6 is 0 Å². The van der Waals surface area contributed by atoms with Gasteiger partial charge in [0.2, 0.25) is 5.91 Å². The van der Waals surface area contributed by atoms with Crippen LogP contribution in [0.1, 0.15) is 19.8 Å². The Bertz CT molecular complexity index is 630. The summed E-state index contributed by atoms with van der Waals surface area (Å²) in [4.78, 5) is 36.5. The molecule has 0 spiro atoms. The van der Waals surface area contributed by atoms with Crippen LogP contribution < -0.4 is 10.1 Å². The predicted octanol–water partition coefficient (Wildman–Crippen LogP) is 0.873. The fourth-order valence-electron chi connectivity index (χ4n) is 1.93. The highest BCUT2D eigenvalue weighted by molar-refractivity contribution is 5.86. The van der Waals surface area contributed by atoms with Gasteiger partial charge in [-0.25, -0.2) is 9.18 Å². The van der Waals surface area contributed by atoms with E-state index >= 15 is 0 Å². The van der Waals surface area contributed by atoms with Gasteiger partial charge in [0.25, 0.3) is 5.91 Å². The van der Waals surface area contributed by atoms with E-state index in [1.54, 1.807) is 0 Å². The van der Waals surface area contributed by atoms with Crippen molar-refractivity contribution >= 4 is 17.8 Å². The summed E-state index contributed by atoms with van der Waals surface area (Å²) in [6.45, 7) is 0.890. The molecule has 0 radical (unpaired) electrons. The second kappa shape index (κ2) is 8.46. The van der Waals surface area contributed by atoms with Gasteiger partial charge in [-0.05, 0) is 44.0 Å². The lowest BCUT2D eigenvalue weighted by molar-refractivity contribution is -0.157. The summed E-state index contributed by atoms with van der Waals surface area (Å²) in [6.07, 6.45) is 0.974. The average Bonchev–Trinajstić information content (AvgIpc) is 3.37. The molecule has 1 atom stereocenters. The summed E-state index contributed by atoms with van der Waals surface area (Å²) in [5.74, 6) is -1.56. The number of likely N-dealkylation sites (N-methyl/N-ethyl adjacent to an activating group) is 1. The van der Waals surface area contributed by atoms with E-state index in [4.69, 9.17) is 9.47 Å². The smallest absolute Gasteiger partial charge is 0.347 e. The second-order valence-corrected chi connectivity index (χ2v) is 5.91. The Balaban J connectivity index is 1.70. The van der Waals surface area contributed by atoms with Crippen LogP contribution in [0.5, 0.6) is 5.75 Å². The normalized spacial score (nSPS) is 14.4. The van der Waals surface area contributed by atoms with Crippen molar-refractivity contribution in [2.75, 3.05) is 20.2 Å². The standard InChI is InChI=1S/C17H21FN2O5/c1-11(25-14-7-3-12(18)4-8-14)17(23)24-10-16(22)20(2)9-15(21)19-13-5-6-13/h3-4,7-8,11,13H,5-6,9-10H2,1-2H3,(H,19,21)/t11-/m0/s1. The van der Waals surface area contributed by atoms with Crippen LogP contribution in [0, 0.1) is 5.82 Å². The zero-order chi connectivity index (χ0) is 18.4. The van der Waals surface area contributed by atoms with Crippen molar-refractivity contribution in [1.82, 2.24) is 10.2 Å². The molecule has 0 unspecified atom stereocenters. The van der Waals surface area contributed by atoms with Gasteiger partial charge < -0.3 is 19.7 Å². The number of esters is 1. The highest BCUT2D eigenvalue weighted by atomic mass is 19.1. The van der Waals surface area contributed by atoms with Gasteiger partial charge in [0, 0.05) is 13.1 Å². The lowest BCUT2D eigenvalue weighted by Gasteiger charge is -2.18. The first-order chi connectivity index (χ1) is 11.8. The van der Waals surface area contributed by atoms with Crippen molar-refractivity contribution in [1.29, 1.82) is 0 Å². The van der Waals surface area contributed by atoms with Crippen LogP contribution in [0.25, 0.3) is 0 Å². The quantitative estimate of drug-likeness (QED) is 0.702. The van der Waals surface area contributed by atoms with E-state index in [0.717, 1.165) is 12.8 Å². The maximum atomic E-state index is 12.8. The van der Waals surface area contributed by atoms with Crippen molar-refractivity contribution < 1.29 is 28.2 Å². The van der Waals surface area contributed by atoms with Gasteiger partial charge in [0.05, 0.1) is 6.54 Å². The molecule has 136 valence electrons. The Morgan fingerprint density at radius 2 is 1.92 bits per heavy atom. The molecule has 1 saturated carbocycles. The number of amides is 2. The Hall–Kier alpha value is -2.64. The summed E-state index contributed by atoms with van der Waals surface area (Å²) < 4.78 is 23.0. The minimum absolute atomic E-state index is 0.0888. The van der Waals surface area contributed by atoms with Gasteiger partial charge >= 0.3 is 5.97 Å². The molecule has 2 rings (SSSR count). The SMILES string of the molecule is C[C@H](Oc1ccc(F)cc1)C(=O)OCC(=O)N(C)CC(=O)NC1CC1. The Morgan fingerprint density at radius 1 is 1.28 bits per heavy atom. The number of hydrogen-bond donors (Lipinski definition) is 1. The second-order valence-electron chi connectivity index (χ2n) is 5.91. The number of halogens is 1. The highest BCUT2D eigenvalue weighted by Crippen LogP contribution is 2.18. The minimum Gasteiger partial charge on any atom is -0.479 e. The first kappa shape index (κ1) is 18.7. The lowest BCUT2D eigenvalue weighted by atomic mass is 10.3. The molecule has 1 aliphatic rings. The van der Waals surface area contributed by atoms with E-state index < -0.39 is 30.4 Å². The number of ether oxygens (including phenoxy) is 2. The summed E-state index contributed by atoms with van der Waals surface area (Å²) >= 11 is 0. The molecule has 1 fully saturated rings. The van der Waals surface area contributed by atoms with Gasteiger partial charge in [0.15, 0.2) is 12.7 Å². The third-order valence-electron chi connectivity index (χ3n) is 3.55. The van der Waals surface area contributed by atoms with Crippen LogP contribution in [0.2, 0.25) is 0 Å². The first-order valence-electron chi connectivity index (χ1n) is 7.97. The fourth-order valence-corrected chi connectivity index (χ4v) is 1.93. The molecule has 25 heavy (non-hydrogen) atoms. The van der Waals surface area contributed by atoms with Gasteiger partial charge in [-0.3, -0.25) is 9.59 Å². The fraction of sp³-hybridized carbons (Fsp3) is 0.471. The third-order valence-corrected chi connectivity index (χ3v) is 3.55. The van der Waals surface area contributed by atoms with Crippen molar-refractivity contribution in [3.63, 3.8) is 0 Å². The maximum absolute atomic E-state index is 12.8. The van der Waals surface area contributed by atoms with Crippen LogP contribution in [0.4, 0.5) is 4.39 Å². The molecule has 7 nitrogen and oxygen atoms in total. The van der Waals surface area contributed by atoms with E-state index in [1.165, 1.54) is 43.1 Å². The van der Waals surface area contributed by atoms with Crippen LogP contribution in [-0.2, 0) is 19.1 Å². The number of carbonyl (C=O) groups excluding carboxylic acids is 3. The lowest BCUT2D eigenvalue weighted by Crippen LogP contribution is -2.41. The zero-order valence-electron chi connectivity index (χ0n) is 14.2. The number of nitrogens with one attached hydrogen (secondary N) is 1. The molecule has 2 amide bonds. The van der Waals surface area contributed by atoms with E-state index in [-0.39, 0.29) is 18.5 Å². The average molecular weight is 352 g/mol. The maximum Gasteiger partial charge on any atom is 0.347 e. The van der Waals surface area contributed by atoms with Crippen molar-refractivity contribution in [3.8, 4) is 5.75 Å². The van der Waals surface area contributed by atoms with Crippen LogP contribution in [0.15, 0.2) is 24.3 Å². The minimum atomic E-state index is -0.957. The van der Waals surface area contributed by atoms with Crippen molar-refractivity contribution in [3.05, 3.63) is 30.1 Å². The highest BCUT2D eigenvalue weighted by Gasteiger charge is 2.25. The van der Waals surface area contributed by atoms with Gasteiger partial charge in [-0.2, -0.15) is 0 Å². The van der Waals surface area contributed by atoms with E-state index in [1.807, 2.05) is 0 Å². The Labute approximate surface area is 145 Å². The summed E-state index contributed by atoms with van der Waals surface area (Å²) in [5.41, 5.74) is 0. The van der Waals surface area contributed by atoms with Gasteiger partial charge in [-0.1, -0.05) is 0 Å². The molecule has 1 aromatic carbocycles. The van der Waals surface area contributed by atoms with Gasteiger partial charge in [-0.15, -0.1) is 0 Å². The van der Waals surface area contributed by atoms with Crippen LogP contribution in [-0.4, -0.2) is 55.0 Å². The molecule has 0 heterocycles. The zero-order valence-corrected chi connectivity index (χ0v) is 14.2. The first-order valence-corrected chi connectivity index (χ1v) is 7.97. The molecule has 1 aliphatic carbocycles. The molecule has 0 saturated heterocycles. The Kier molecular flexibility index (Phi) is 6.32. The number of rotatable bonds is 8. The monoisotopic (exact) mass is 352 g/mol. The van der Waals surface area contributed by atoms with E-state index in [0.29, 0.717) is 5.75 Å². The summed E-state index contributed by atoms with van der Waals surface area (Å²) in [7, 11) is 1.46. The summed E-state index contributed by atoms with van der Waals surface area (Å²) in [5, 5.41) is 2.77. The molecular weight excluding hydrogens is 331 g/mol. The molecule has 1 N–H and O–H groups in total. The number of nitrogens with zero attached hydrogens (tertiary/aromatic N) is 1. The topological polar surface area (TPSA) is 84.9 Å². The molecule has 0 bridgehead atoms. The van der Waals surface area contributed by atoms with Gasteiger partial charge in [0.1, 0.15) is 11.6 Å². The predicted molar refractivity (Wildman–Crippen MR) is 86.3 cm³/mol. The molecular formula is C17H21FN2O5. The molecule has 0 aromatic heterocycles.